The monoisotopic (exact) mass is 317 g/mol. The Kier molecular flexibility index (Phi) is 3.87. The summed E-state index contributed by atoms with van der Waals surface area (Å²) in [6.07, 6.45) is 3.82. The minimum atomic E-state index is -0.323. The van der Waals surface area contributed by atoms with Crippen molar-refractivity contribution in [1.82, 2.24) is 14.9 Å². The maximum absolute atomic E-state index is 12.5. The summed E-state index contributed by atoms with van der Waals surface area (Å²) in [5.41, 5.74) is 1.59. The summed E-state index contributed by atoms with van der Waals surface area (Å²) >= 11 is 1.55. The predicted octanol–water partition coefficient (Wildman–Crippen LogP) is 2.75. The molecule has 6 heteroatoms. The molecule has 1 aliphatic rings. The molecule has 0 radical (unpaired) electrons. The van der Waals surface area contributed by atoms with Crippen molar-refractivity contribution < 1.29 is 4.79 Å². The van der Waals surface area contributed by atoms with Gasteiger partial charge in [-0.25, -0.2) is 4.98 Å². The minimum Gasteiger partial charge on any atom is -0.344 e. The van der Waals surface area contributed by atoms with E-state index in [-0.39, 0.29) is 29.1 Å². The van der Waals surface area contributed by atoms with Crippen molar-refractivity contribution in [3.05, 3.63) is 49.8 Å². The Morgan fingerprint density at radius 1 is 1.45 bits per heavy atom. The molecule has 5 nitrogen and oxygen atoms in total. The fraction of sp³-hybridized carbons (Fsp3) is 0.438. The number of rotatable bonds is 4. The lowest BCUT2D eigenvalue weighted by Crippen LogP contribution is -2.35. The molecule has 2 aromatic rings. The molecule has 0 aromatic carbocycles. The molecule has 3 rings (SSSR count). The molecule has 0 saturated heterocycles. The molecule has 0 bridgehead atoms. The van der Waals surface area contributed by atoms with Gasteiger partial charge >= 0.3 is 0 Å². The molecule has 22 heavy (non-hydrogen) atoms. The van der Waals surface area contributed by atoms with Crippen LogP contribution in [-0.2, 0) is 0 Å². The molecule has 1 amide bonds. The number of pyridine rings is 1. The fourth-order valence-corrected chi connectivity index (χ4v) is 3.19. The molecule has 1 fully saturated rings. The lowest BCUT2D eigenvalue weighted by Gasteiger charge is -2.14. The first-order valence-corrected chi connectivity index (χ1v) is 8.30. The zero-order valence-electron chi connectivity index (χ0n) is 12.9. The number of nitrogens with one attached hydrogen (secondary N) is 1. The Labute approximate surface area is 133 Å². The van der Waals surface area contributed by atoms with Crippen LogP contribution in [-0.4, -0.2) is 15.5 Å². The van der Waals surface area contributed by atoms with Crippen molar-refractivity contribution in [2.24, 2.45) is 0 Å². The highest BCUT2D eigenvalue weighted by atomic mass is 32.1. The molecule has 1 N–H and O–H groups in total. The Bertz CT molecular complexity index is 774. The summed E-state index contributed by atoms with van der Waals surface area (Å²) in [6, 6.07) is 1.89. The lowest BCUT2D eigenvalue weighted by atomic mass is 10.1. The van der Waals surface area contributed by atoms with E-state index < -0.39 is 0 Å². The molecule has 0 spiro atoms. The normalized spacial score (nSPS) is 15.6. The van der Waals surface area contributed by atoms with Crippen molar-refractivity contribution in [3.63, 3.8) is 0 Å². The SMILES string of the molecule is Cc1nc(C(C)NC(=O)c2c(C)ccn(C3CC3)c2=O)cs1. The molecule has 116 valence electrons. The van der Waals surface area contributed by atoms with E-state index in [0.717, 1.165) is 23.5 Å². The van der Waals surface area contributed by atoms with E-state index in [1.807, 2.05) is 25.3 Å². The second kappa shape index (κ2) is 5.68. The van der Waals surface area contributed by atoms with E-state index in [1.54, 1.807) is 29.0 Å². The van der Waals surface area contributed by atoms with Gasteiger partial charge in [-0.1, -0.05) is 0 Å². The minimum absolute atomic E-state index is 0.193. The molecule has 1 unspecified atom stereocenters. The summed E-state index contributed by atoms with van der Waals surface area (Å²) in [6.45, 7) is 5.60. The van der Waals surface area contributed by atoms with Gasteiger partial charge < -0.3 is 9.88 Å². The Balaban J connectivity index is 1.86. The number of nitrogens with zero attached hydrogens (tertiary/aromatic N) is 2. The first-order chi connectivity index (χ1) is 10.5. The van der Waals surface area contributed by atoms with E-state index >= 15 is 0 Å². The van der Waals surface area contributed by atoms with Crippen LogP contribution in [0.15, 0.2) is 22.4 Å². The molecule has 1 atom stereocenters. The van der Waals surface area contributed by atoms with E-state index in [9.17, 15) is 9.59 Å². The van der Waals surface area contributed by atoms with Crippen LogP contribution in [0.5, 0.6) is 0 Å². The van der Waals surface area contributed by atoms with Gasteiger partial charge in [-0.3, -0.25) is 9.59 Å². The third-order valence-electron chi connectivity index (χ3n) is 3.92. The molecule has 1 saturated carbocycles. The maximum atomic E-state index is 12.5. The third-order valence-corrected chi connectivity index (χ3v) is 4.71. The molecule has 0 aliphatic heterocycles. The van der Waals surface area contributed by atoms with Crippen LogP contribution in [0.3, 0.4) is 0 Å². The van der Waals surface area contributed by atoms with Crippen LogP contribution < -0.4 is 10.9 Å². The number of thiazole rings is 1. The third kappa shape index (κ3) is 2.83. The molecule has 2 aromatic heterocycles. The Hall–Kier alpha value is -1.95. The quantitative estimate of drug-likeness (QED) is 0.943. The van der Waals surface area contributed by atoms with Crippen LogP contribution in [0, 0.1) is 13.8 Å². The molecule has 1 aliphatic carbocycles. The topological polar surface area (TPSA) is 64.0 Å². The van der Waals surface area contributed by atoms with E-state index in [4.69, 9.17) is 0 Å². The maximum Gasteiger partial charge on any atom is 0.263 e. The fourth-order valence-electron chi connectivity index (χ4n) is 2.48. The van der Waals surface area contributed by atoms with Crippen LogP contribution in [0.25, 0.3) is 0 Å². The van der Waals surface area contributed by atoms with Gasteiger partial charge in [0.2, 0.25) is 0 Å². The summed E-state index contributed by atoms with van der Waals surface area (Å²) in [7, 11) is 0. The molecular formula is C16H19N3O2S. The van der Waals surface area contributed by atoms with Gasteiger partial charge in [0.15, 0.2) is 0 Å². The number of hydrogen-bond donors (Lipinski definition) is 1. The second-order valence-electron chi connectivity index (χ2n) is 5.80. The number of hydrogen-bond acceptors (Lipinski definition) is 4. The zero-order chi connectivity index (χ0) is 15.9. The molecular weight excluding hydrogens is 298 g/mol. The van der Waals surface area contributed by atoms with Gasteiger partial charge in [0.05, 0.1) is 16.7 Å². The van der Waals surface area contributed by atoms with Crippen LogP contribution >= 0.6 is 11.3 Å². The lowest BCUT2D eigenvalue weighted by molar-refractivity contribution is 0.0936. The largest absolute Gasteiger partial charge is 0.344 e. The number of carbonyl (C=O) groups excluding carboxylic acids is 1. The van der Waals surface area contributed by atoms with Gasteiger partial charge in [0, 0.05) is 17.6 Å². The Morgan fingerprint density at radius 3 is 2.77 bits per heavy atom. The van der Waals surface area contributed by atoms with E-state index in [0.29, 0.717) is 5.56 Å². The first kappa shape index (κ1) is 15.0. The zero-order valence-corrected chi connectivity index (χ0v) is 13.7. The van der Waals surface area contributed by atoms with Crippen molar-refractivity contribution in [2.45, 2.75) is 45.7 Å². The van der Waals surface area contributed by atoms with Gasteiger partial charge in [-0.15, -0.1) is 11.3 Å². The van der Waals surface area contributed by atoms with E-state index in [1.165, 1.54) is 0 Å². The van der Waals surface area contributed by atoms with Gasteiger partial charge in [-0.2, -0.15) is 0 Å². The Morgan fingerprint density at radius 2 is 2.18 bits per heavy atom. The van der Waals surface area contributed by atoms with Gasteiger partial charge in [0.1, 0.15) is 5.56 Å². The highest BCUT2D eigenvalue weighted by molar-refractivity contribution is 7.09. The van der Waals surface area contributed by atoms with Gasteiger partial charge in [-0.05, 0) is 45.2 Å². The highest BCUT2D eigenvalue weighted by Gasteiger charge is 2.27. The van der Waals surface area contributed by atoms with Crippen molar-refractivity contribution in [1.29, 1.82) is 0 Å². The molecule has 2 heterocycles. The summed E-state index contributed by atoms with van der Waals surface area (Å²) in [5.74, 6) is -0.323. The number of aromatic nitrogens is 2. The average Bonchev–Trinajstić information content (AvgIpc) is 3.19. The van der Waals surface area contributed by atoms with Crippen molar-refractivity contribution >= 4 is 17.2 Å². The summed E-state index contributed by atoms with van der Waals surface area (Å²) < 4.78 is 1.68. The summed E-state index contributed by atoms with van der Waals surface area (Å²) in [4.78, 5) is 29.4. The smallest absolute Gasteiger partial charge is 0.263 e. The van der Waals surface area contributed by atoms with Crippen LogP contribution in [0.4, 0.5) is 0 Å². The highest BCUT2D eigenvalue weighted by Crippen LogP contribution is 2.33. The standard InChI is InChI=1S/C16H19N3O2S/c1-9-6-7-19(12-4-5-12)16(21)14(9)15(20)17-10(2)13-8-22-11(3)18-13/h6-8,10,12H,4-5H2,1-3H3,(H,17,20). The number of amides is 1. The van der Waals surface area contributed by atoms with Gasteiger partial charge in [0.25, 0.3) is 11.5 Å². The van der Waals surface area contributed by atoms with E-state index in [2.05, 4.69) is 10.3 Å². The van der Waals surface area contributed by atoms with Crippen LogP contribution in [0.2, 0.25) is 0 Å². The number of aryl methyl sites for hydroxylation is 2. The van der Waals surface area contributed by atoms with Crippen molar-refractivity contribution in [2.75, 3.05) is 0 Å². The van der Waals surface area contributed by atoms with Crippen molar-refractivity contribution in [3.8, 4) is 0 Å². The second-order valence-corrected chi connectivity index (χ2v) is 6.87. The summed E-state index contributed by atoms with van der Waals surface area (Å²) in [5, 5.41) is 5.78. The number of carbonyl (C=O) groups is 1. The average molecular weight is 317 g/mol. The predicted molar refractivity (Wildman–Crippen MR) is 86.4 cm³/mol. The first-order valence-electron chi connectivity index (χ1n) is 7.42. The van der Waals surface area contributed by atoms with Crippen LogP contribution in [0.1, 0.15) is 58.5 Å².